The number of rotatable bonds is 6. The zero-order valence-electron chi connectivity index (χ0n) is 15.6. The Kier molecular flexibility index (Phi) is 5.74. The van der Waals surface area contributed by atoms with E-state index in [1.807, 2.05) is 24.3 Å². The van der Waals surface area contributed by atoms with Crippen molar-refractivity contribution < 1.29 is 19.1 Å². The number of aromatic nitrogens is 1. The van der Waals surface area contributed by atoms with Crippen molar-refractivity contribution in [1.29, 1.82) is 0 Å². The number of benzene rings is 2. The van der Waals surface area contributed by atoms with Crippen molar-refractivity contribution in [1.82, 2.24) is 4.98 Å². The van der Waals surface area contributed by atoms with Gasteiger partial charge in [0.1, 0.15) is 0 Å². The third-order valence-corrected chi connectivity index (χ3v) is 4.16. The highest BCUT2D eigenvalue weighted by atomic mass is 16.5. The van der Waals surface area contributed by atoms with E-state index >= 15 is 0 Å². The van der Waals surface area contributed by atoms with Crippen LogP contribution in [0.2, 0.25) is 0 Å². The number of ether oxygens (including phenoxy) is 1. The molecule has 0 unspecified atom stereocenters. The van der Waals surface area contributed by atoms with Crippen LogP contribution in [-0.4, -0.2) is 28.9 Å². The first kappa shape index (κ1) is 19.2. The van der Waals surface area contributed by atoms with Crippen LogP contribution in [0.25, 0.3) is 10.9 Å². The number of esters is 1. The summed E-state index contributed by atoms with van der Waals surface area (Å²) >= 11 is 0. The highest BCUT2D eigenvalue weighted by Crippen LogP contribution is 2.19. The van der Waals surface area contributed by atoms with Crippen molar-refractivity contribution in [3.63, 3.8) is 0 Å². The lowest BCUT2D eigenvalue weighted by Crippen LogP contribution is -2.30. The molecule has 7 heteroatoms. The maximum atomic E-state index is 12.3. The second kappa shape index (κ2) is 8.39. The van der Waals surface area contributed by atoms with Crippen LogP contribution in [0.1, 0.15) is 19.4 Å². The number of carbonyl (C=O) groups excluding carboxylic acids is 3. The van der Waals surface area contributed by atoms with Crippen LogP contribution in [0.3, 0.4) is 0 Å². The van der Waals surface area contributed by atoms with E-state index in [0.717, 1.165) is 16.5 Å². The molecule has 0 aliphatic carbocycles. The van der Waals surface area contributed by atoms with Gasteiger partial charge in [0.05, 0.1) is 6.42 Å². The summed E-state index contributed by atoms with van der Waals surface area (Å²) in [5.74, 6) is -1.08. The molecule has 2 amide bonds. The zero-order valence-corrected chi connectivity index (χ0v) is 15.6. The van der Waals surface area contributed by atoms with Crippen LogP contribution < -0.4 is 10.6 Å². The first-order valence-corrected chi connectivity index (χ1v) is 8.85. The number of para-hydroxylation sites is 1. The van der Waals surface area contributed by atoms with E-state index in [1.54, 1.807) is 30.5 Å². The number of hydrogen-bond donors (Lipinski definition) is 3. The topological polar surface area (TPSA) is 100 Å². The van der Waals surface area contributed by atoms with Gasteiger partial charge in [-0.3, -0.25) is 14.4 Å². The van der Waals surface area contributed by atoms with Gasteiger partial charge in [0.15, 0.2) is 6.10 Å². The first-order chi connectivity index (χ1) is 13.4. The Balaban J connectivity index is 1.54. The molecule has 3 rings (SSSR count). The van der Waals surface area contributed by atoms with Gasteiger partial charge in [0, 0.05) is 35.4 Å². The van der Waals surface area contributed by atoms with Crippen molar-refractivity contribution in [3.8, 4) is 0 Å². The molecule has 3 aromatic rings. The Labute approximate surface area is 162 Å². The van der Waals surface area contributed by atoms with Crippen LogP contribution in [0.4, 0.5) is 11.4 Å². The van der Waals surface area contributed by atoms with E-state index in [0.29, 0.717) is 11.4 Å². The molecule has 2 aromatic carbocycles. The third kappa shape index (κ3) is 4.76. The van der Waals surface area contributed by atoms with Gasteiger partial charge >= 0.3 is 5.97 Å². The molecule has 1 aromatic heterocycles. The Hall–Kier alpha value is -3.61. The molecule has 28 heavy (non-hydrogen) atoms. The average molecular weight is 379 g/mol. The Bertz CT molecular complexity index is 1010. The Morgan fingerprint density at radius 2 is 1.64 bits per heavy atom. The molecule has 1 atom stereocenters. The average Bonchev–Trinajstić information content (AvgIpc) is 3.05. The maximum Gasteiger partial charge on any atom is 0.311 e. The molecule has 0 radical (unpaired) electrons. The highest BCUT2D eigenvalue weighted by Gasteiger charge is 2.19. The quantitative estimate of drug-likeness (QED) is 0.573. The fourth-order valence-electron chi connectivity index (χ4n) is 2.81. The van der Waals surface area contributed by atoms with Crippen molar-refractivity contribution in [2.45, 2.75) is 26.4 Å². The first-order valence-electron chi connectivity index (χ1n) is 8.85. The summed E-state index contributed by atoms with van der Waals surface area (Å²) in [6, 6.07) is 14.3. The van der Waals surface area contributed by atoms with Crippen LogP contribution >= 0.6 is 0 Å². The smallest absolute Gasteiger partial charge is 0.311 e. The molecule has 0 fully saturated rings. The fraction of sp³-hybridized carbons (Fsp3) is 0.190. The van der Waals surface area contributed by atoms with Crippen LogP contribution in [0, 0.1) is 0 Å². The summed E-state index contributed by atoms with van der Waals surface area (Å²) in [6.45, 7) is 2.94. The summed E-state index contributed by atoms with van der Waals surface area (Å²) < 4.78 is 5.26. The summed E-state index contributed by atoms with van der Waals surface area (Å²) in [5, 5.41) is 6.28. The number of fused-ring (bicyclic) bond motifs is 1. The summed E-state index contributed by atoms with van der Waals surface area (Å²) in [4.78, 5) is 38.6. The molecule has 0 aliphatic heterocycles. The van der Waals surface area contributed by atoms with E-state index in [2.05, 4.69) is 15.6 Å². The molecular weight excluding hydrogens is 358 g/mol. The summed E-state index contributed by atoms with van der Waals surface area (Å²) in [5.41, 5.74) is 2.93. The minimum atomic E-state index is -0.937. The van der Waals surface area contributed by atoms with Gasteiger partial charge in [-0.25, -0.2) is 0 Å². The molecule has 0 saturated carbocycles. The lowest BCUT2D eigenvalue weighted by Gasteiger charge is -2.14. The van der Waals surface area contributed by atoms with E-state index < -0.39 is 18.0 Å². The monoisotopic (exact) mass is 379 g/mol. The lowest BCUT2D eigenvalue weighted by molar-refractivity contribution is -0.152. The van der Waals surface area contributed by atoms with Crippen LogP contribution in [0.15, 0.2) is 54.7 Å². The summed E-state index contributed by atoms with van der Waals surface area (Å²) in [7, 11) is 0. The molecule has 3 N–H and O–H groups in total. The van der Waals surface area contributed by atoms with Crippen molar-refractivity contribution in [3.05, 3.63) is 60.3 Å². The van der Waals surface area contributed by atoms with Gasteiger partial charge in [-0.1, -0.05) is 18.2 Å². The molecule has 0 bridgehead atoms. The molecule has 144 valence electrons. The number of carbonyl (C=O) groups is 3. The van der Waals surface area contributed by atoms with Crippen molar-refractivity contribution in [2.24, 2.45) is 0 Å². The highest BCUT2D eigenvalue weighted by molar-refractivity contribution is 5.96. The van der Waals surface area contributed by atoms with E-state index in [4.69, 9.17) is 4.74 Å². The molecule has 0 saturated heterocycles. The third-order valence-electron chi connectivity index (χ3n) is 4.16. The minimum absolute atomic E-state index is 0.0764. The largest absolute Gasteiger partial charge is 0.452 e. The van der Waals surface area contributed by atoms with Crippen molar-refractivity contribution >= 4 is 40.1 Å². The molecule has 1 heterocycles. The van der Waals surface area contributed by atoms with Gasteiger partial charge < -0.3 is 20.4 Å². The fourth-order valence-corrected chi connectivity index (χ4v) is 2.81. The number of anilines is 2. The number of H-pyrrole nitrogens is 1. The standard InChI is InChI=1S/C21H21N3O4/c1-13(21(27)24-17-9-7-16(8-10-17)23-14(2)25)28-20(26)11-15-12-22-19-6-4-3-5-18(15)19/h3-10,12-13,22H,11H2,1-2H3,(H,23,25)(H,24,27)/t13-/m0/s1. The maximum absolute atomic E-state index is 12.3. The molecule has 7 nitrogen and oxygen atoms in total. The molecule has 0 aliphatic rings. The number of hydrogen-bond acceptors (Lipinski definition) is 4. The predicted octanol–water partition coefficient (Wildman–Crippen LogP) is 3.24. The number of amides is 2. The molecular formula is C21H21N3O4. The van der Waals surface area contributed by atoms with Crippen LogP contribution in [-0.2, 0) is 25.5 Å². The Morgan fingerprint density at radius 1 is 1.00 bits per heavy atom. The van der Waals surface area contributed by atoms with E-state index in [9.17, 15) is 14.4 Å². The van der Waals surface area contributed by atoms with Gasteiger partial charge in [-0.05, 0) is 42.8 Å². The number of aromatic amines is 1. The SMILES string of the molecule is CC(=O)Nc1ccc(NC(=O)[C@H](C)OC(=O)Cc2c[nH]c3ccccc23)cc1. The zero-order chi connectivity index (χ0) is 20.1. The van der Waals surface area contributed by atoms with Gasteiger partial charge in [-0.15, -0.1) is 0 Å². The van der Waals surface area contributed by atoms with Gasteiger partial charge in [0.2, 0.25) is 5.91 Å². The van der Waals surface area contributed by atoms with E-state index in [1.165, 1.54) is 13.8 Å². The lowest BCUT2D eigenvalue weighted by atomic mass is 10.1. The minimum Gasteiger partial charge on any atom is -0.452 e. The predicted molar refractivity (Wildman–Crippen MR) is 107 cm³/mol. The normalized spacial score (nSPS) is 11.6. The van der Waals surface area contributed by atoms with Crippen molar-refractivity contribution in [2.75, 3.05) is 10.6 Å². The molecule has 0 spiro atoms. The second-order valence-electron chi connectivity index (χ2n) is 6.42. The Morgan fingerprint density at radius 3 is 2.32 bits per heavy atom. The van der Waals surface area contributed by atoms with Gasteiger partial charge in [-0.2, -0.15) is 0 Å². The second-order valence-corrected chi connectivity index (χ2v) is 6.42. The number of nitrogens with one attached hydrogen (secondary N) is 3. The van der Waals surface area contributed by atoms with Gasteiger partial charge in [0.25, 0.3) is 5.91 Å². The van der Waals surface area contributed by atoms with E-state index in [-0.39, 0.29) is 12.3 Å². The van der Waals surface area contributed by atoms with Crippen LogP contribution in [0.5, 0.6) is 0 Å². The summed E-state index contributed by atoms with van der Waals surface area (Å²) in [6.07, 6.45) is 0.910.